The normalized spacial score (nSPS) is 10.4. The Balaban J connectivity index is 2.01. The minimum Gasteiger partial charge on any atom is -0.456 e. The summed E-state index contributed by atoms with van der Waals surface area (Å²) >= 11 is 0. The molecule has 1 amide bonds. The van der Waals surface area contributed by atoms with Crippen LogP contribution < -0.4 is 11.1 Å². The number of furan rings is 1. The number of hydrogen-bond acceptors (Lipinski definition) is 3. The monoisotopic (exact) mass is 258 g/mol. The van der Waals surface area contributed by atoms with Gasteiger partial charge in [0, 0.05) is 12.1 Å². The quantitative estimate of drug-likeness (QED) is 0.866. The van der Waals surface area contributed by atoms with Crippen molar-refractivity contribution in [2.75, 3.05) is 11.9 Å². The third-order valence-electron chi connectivity index (χ3n) is 2.88. The van der Waals surface area contributed by atoms with E-state index in [0.29, 0.717) is 12.3 Å². The molecule has 1 heterocycles. The van der Waals surface area contributed by atoms with E-state index < -0.39 is 0 Å². The van der Waals surface area contributed by atoms with Crippen LogP contribution in [0.2, 0.25) is 0 Å². The van der Waals surface area contributed by atoms with E-state index in [0.717, 1.165) is 29.9 Å². The first kappa shape index (κ1) is 13.4. The Kier molecular flexibility index (Phi) is 4.36. The number of nitrogens with two attached hydrogens (primary N) is 1. The van der Waals surface area contributed by atoms with Crippen molar-refractivity contribution < 1.29 is 9.21 Å². The van der Waals surface area contributed by atoms with E-state index >= 15 is 0 Å². The van der Waals surface area contributed by atoms with Gasteiger partial charge in [0.25, 0.3) is 5.91 Å². The van der Waals surface area contributed by atoms with E-state index in [2.05, 4.69) is 5.32 Å². The molecule has 2 rings (SSSR count). The molecule has 0 spiro atoms. The molecule has 3 N–H and O–H groups in total. The molecule has 0 aliphatic rings. The fraction of sp³-hybridized carbons (Fsp3) is 0.267. The average molecular weight is 258 g/mol. The van der Waals surface area contributed by atoms with Crippen LogP contribution in [0.25, 0.3) is 0 Å². The van der Waals surface area contributed by atoms with E-state index in [-0.39, 0.29) is 5.91 Å². The second-order valence-electron chi connectivity index (χ2n) is 4.31. The highest BCUT2D eigenvalue weighted by Crippen LogP contribution is 2.13. The van der Waals surface area contributed by atoms with Gasteiger partial charge in [-0.1, -0.05) is 19.1 Å². The maximum Gasteiger partial charge on any atom is 0.291 e. The summed E-state index contributed by atoms with van der Waals surface area (Å²) < 4.78 is 5.40. The fourth-order valence-electron chi connectivity index (χ4n) is 1.80. The smallest absolute Gasteiger partial charge is 0.291 e. The molecule has 19 heavy (non-hydrogen) atoms. The zero-order chi connectivity index (χ0) is 13.7. The van der Waals surface area contributed by atoms with Crippen LogP contribution in [0.15, 0.2) is 40.8 Å². The molecule has 1 aromatic carbocycles. The van der Waals surface area contributed by atoms with Crippen LogP contribution in [-0.2, 0) is 12.8 Å². The summed E-state index contributed by atoms with van der Waals surface area (Å²) in [6, 6.07) is 11.2. The van der Waals surface area contributed by atoms with Crippen molar-refractivity contribution in [3.05, 3.63) is 53.5 Å². The predicted molar refractivity (Wildman–Crippen MR) is 75.2 cm³/mol. The molecule has 0 fully saturated rings. The van der Waals surface area contributed by atoms with Crippen LogP contribution in [-0.4, -0.2) is 12.5 Å². The number of carbonyl (C=O) groups excluding carboxylic acids is 1. The maximum absolute atomic E-state index is 11.9. The molecule has 0 saturated carbocycles. The van der Waals surface area contributed by atoms with Crippen LogP contribution in [0.5, 0.6) is 0 Å². The first-order chi connectivity index (χ1) is 9.22. The lowest BCUT2D eigenvalue weighted by Crippen LogP contribution is -2.11. The van der Waals surface area contributed by atoms with Gasteiger partial charge in [0.1, 0.15) is 5.76 Å². The molecule has 0 atom stereocenters. The molecule has 0 bridgehead atoms. The third kappa shape index (κ3) is 3.45. The molecule has 100 valence electrons. The van der Waals surface area contributed by atoms with E-state index in [1.54, 1.807) is 6.07 Å². The number of anilines is 1. The standard InChI is InChI=1S/C15H18N2O2/c1-2-13-7-8-14(19-13)15(18)17-12-5-3-11(4-6-12)9-10-16/h3-8H,2,9-10,16H2,1H3,(H,17,18). The zero-order valence-electron chi connectivity index (χ0n) is 11.0. The summed E-state index contributed by atoms with van der Waals surface area (Å²) in [6.45, 7) is 2.61. The molecule has 4 heteroatoms. The Morgan fingerprint density at radius 2 is 1.95 bits per heavy atom. The van der Waals surface area contributed by atoms with Gasteiger partial charge >= 0.3 is 0 Å². The molecule has 1 aromatic heterocycles. The van der Waals surface area contributed by atoms with Crippen molar-refractivity contribution in [2.45, 2.75) is 19.8 Å². The van der Waals surface area contributed by atoms with Gasteiger partial charge in [-0.2, -0.15) is 0 Å². The summed E-state index contributed by atoms with van der Waals surface area (Å²) in [5, 5.41) is 2.80. The Morgan fingerprint density at radius 3 is 2.53 bits per heavy atom. The molecule has 0 unspecified atom stereocenters. The van der Waals surface area contributed by atoms with Gasteiger partial charge in [0.2, 0.25) is 0 Å². The lowest BCUT2D eigenvalue weighted by molar-refractivity contribution is 0.0995. The number of carbonyl (C=O) groups is 1. The average Bonchev–Trinajstić information content (AvgIpc) is 2.90. The lowest BCUT2D eigenvalue weighted by atomic mass is 10.1. The van der Waals surface area contributed by atoms with Gasteiger partial charge in [0.05, 0.1) is 0 Å². The third-order valence-corrected chi connectivity index (χ3v) is 2.88. The van der Waals surface area contributed by atoms with Crippen molar-refractivity contribution in [1.82, 2.24) is 0 Å². The Labute approximate surface area is 112 Å². The number of nitrogens with one attached hydrogen (secondary N) is 1. The predicted octanol–water partition coefficient (Wildman–Crippen LogP) is 2.60. The molecular weight excluding hydrogens is 240 g/mol. The van der Waals surface area contributed by atoms with Crippen LogP contribution in [0.4, 0.5) is 5.69 Å². The highest BCUT2D eigenvalue weighted by atomic mass is 16.3. The van der Waals surface area contributed by atoms with Crippen LogP contribution in [0, 0.1) is 0 Å². The number of rotatable bonds is 5. The molecule has 2 aromatic rings. The Bertz CT molecular complexity index is 544. The van der Waals surface area contributed by atoms with Crippen LogP contribution in [0.1, 0.15) is 28.8 Å². The van der Waals surface area contributed by atoms with E-state index in [1.165, 1.54) is 0 Å². The van der Waals surface area contributed by atoms with Crippen molar-refractivity contribution in [3.63, 3.8) is 0 Å². The number of aryl methyl sites for hydroxylation is 1. The molecule has 0 radical (unpaired) electrons. The minimum absolute atomic E-state index is 0.230. The molecule has 4 nitrogen and oxygen atoms in total. The van der Waals surface area contributed by atoms with Gasteiger partial charge in [-0.05, 0) is 42.8 Å². The van der Waals surface area contributed by atoms with E-state index in [1.807, 2.05) is 37.3 Å². The second kappa shape index (κ2) is 6.20. The highest BCUT2D eigenvalue weighted by molar-refractivity contribution is 6.02. The van der Waals surface area contributed by atoms with E-state index in [9.17, 15) is 4.79 Å². The van der Waals surface area contributed by atoms with Gasteiger partial charge in [-0.25, -0.2) is 0 Å². The number of benzene rings is 1. The van der Waals surface area contributed by atoms with Crippen molar-refractivity contribution in [2.24, 2.45) is 5.73 Å². The van der Waals surface area contributed by atoms with Gasteiger partial charge in [-0.15, -0.1) is 0 Å². The lowest BCUT2D eigenvalue weighted by Gasteiger charge is -2.04. The molecule has 0 saturated heterocycles. The van der Waals surface area contributed by atoms with Crippen molar-refractivity contribution in [1.29, 1.82) is 0 Å². The molecule has 0 aliphatic heterocycles. The molecular formula is C15H18N2O2. The maximum atomic E-state index is 11.9. The largest absolute Gasteiger partial charge is 0.456 e. The summed E-state index contributed by atoms with van der Waals surface area (Å²) in [5.74, 6) is 0.914. The summed E-state index contributed by atoms with van der Waals surface area (Å²) in [7, 11) is 0. The SMILES string of the molecule is CCc1ccc(C(=O)Nc2ccc(CCN)cc2)o1. The Morgan fingerprint density at radius 1 is 1.21 bits per heavy atom. The number of hydrogen-bond donors (Lipinski definition) is 2. The zero-order valence-corrected chi connectivity index (χ0v) is 11.0. The fourth-order valence-corrected chi connectivity index (χ4v) is 1.80. The summed E-state index contributed by atoms with van der Waals surface area (Å²) in [4.78, 5) is 11.9. The first-order valence-corrected chi connectivity index (χ1v) is 6.42. The second-order valence-corrected chi connectivity index (χ2v) is 4.31. The first-order valence-electron chi connectivity index (χ1n) is 6.42. The number of amides is 1. The summed E-state index contributed by atoms with van der Waals surface area (Å²) in [6.07, 6.45) is 1.62. The van der Waals surface area contributed by atoms with Gasteiger partial charge in [0.15, 0.2) is 5.76 Å². The van der Waals surface area contributed by atoms with Crippen LogP contribution >= 0.6 is 0 Å². The van der Waals surface area contributed by atoms with Crippen molar-refractivity contribution in [3.8, 4) is 0 Å². The topological polar surface area (TPSA) is 68.3 Å². The van der Waals surface area contributed by atoms with Crippen molar-refractivity contribution >= 4 is 11.6 Å². The molecule has 0 aliphatic carbocycles. The van der Waals surface area contributed by atoms with Gasteiger partial charge < -0.3 is 15.5 Å². The van der Waals surface area contributed by atoms with E-state index in [4.69, 9.17) is 10.2 Å². The summed E-state index contributed by atoms with van der Waals surface area (Å²) in [5.41, 5.74) is 7.40. The Hall–Kier alpha value is -2.07. The van der Waals surface area contributed by atoms with Crippen LogP contribution in [0.3, 0.4) is 0 Å². The minimum atomic E-state index is -0.230. The van der Waals surface area contributed by atoms with Gasteiger partial charge in [-0.3, -0.25) is 4.79 Å². The highest BCUT2D eigenvalue weighted by Gasteiger charge is 2.10.